The van der Waals surface area contributed by atoms with E-state index in [4.69, 9.17) is 0 Å². The lowest BCUT2D eigenvalue weighted by atomic mass is 9.77. The molecular formula is C11H23N. The van der Waals surface area contributed by atoms with Gasteiger partial charge in [0.1, 0.15) is 0 Å². The normalized spacial score (nSPS) is 32.8. The van der Waals surface area contributed by atoms with Crippen molar-refractivity contribution in [1.29, 1.82) is 0 Å². The first-order valence-corrected chi connectivity index (χ1v) is 5.21. The van der Waals surface area contributed by atoms with Crippen LogP contribution in [0.4, 0.5) is 0 Å². The van der Waals surface area contributed by atoms with Crippen LogP contribution < -0.4 is 0 Å². The first kappa shape index (κ1) is 10.0. The van der Waals surface area contributed by atoms with Crippen LogP contribution in [-0.4, -0.2) is 24.0 Å². The van der Waals surface area contributed by atoms with Crippen molar-refractivity contribution in [3.8, 4) is 0 Å². The quantitative estimate of drug-likeness (QED) is 0.583. The second kappa shape index (κ2) is 3.37. The lowest BCUT2D eigenvalue weighted by Crippen LogP contribution is -2.34. The molecule has 1 heterocycles. The highest BCUT2D eigenvalue weighted by molar-refractivity contribution is 4.89. The third-order valence-corrected chi connectivity index (χ3v) is 3.40. The van der Waals surface area contributed by atoms with Gasteiger partial charge in [0.15, 0.2) is 0 Å². The van der Waals surface area contributed by atoms with E-state index in [0.29, 0.717) is 5.41 Å². The van der Waals surface area contributed by atoms with Crippen molar-refractivity contribution in [2.24, 2.45) is 11.3 Å². The first-order valence-electron chi connectivity index (χ1n) is 5.21. The molecule has 1 nitrogen and oxygen atoms in total. The Labute approximate surface area is 77.1 Å². The summed E-state index contributed by atoms with van der Waals surface area (Å²) in [6.07, 6.45) is 1.39. The smallest absolute Gasteiger partial charge is 0.0100 e. The number of likely N-dealkylation sites (tertiary alicyclic amines) is 1. The Balaban J connectivity index is 2.61. The maximum absolute atomic E-state index is 2.59. The van der Waals surface area contributed by atoms with Gasteiger partial charge in [-0.15, -0.1) is 0 Å². The van der Waals surface area contributed by atoms with Crippen molar-refractivity contribution in [2.45, 2.75) is 47.1 Å². The van der Waals surface area contributed by atoms with Crippen molar-refractivity contribution in [2.75, 3.05) is 13.1 Å². The van der Waals surface area contributed by atoms with Gasteiger partial charge in [0.05, 0.1) is 0 Å². The molecule has 2 atom stereocenters. The van der Waals surface area contributed by atoms with Crippen molar-refractivity contribution in [3.05, 3.63) is 0 Å². The molecule has 2 unspecified atom stereocenters. The fourth-order valence-electron chi connectivity index (χ4n) is 2.61. The maximum Gasteiger partial charge on any atom is 0.0100 e. The van der Waals surface area contributed by atoms with Crippen molar-refractivity contribution < 1.29 is 0 Å². The fourth-order valence-corrected chi connectivity index (χ4v) is 2.61. The van der Waals surface area contributed by atoms with Gasteiger partial charge in [-0.2, -0.15) is 0 Å². The molecule has 0 radical (unpaired) electrons. The van der Waals surface area contributed by atoms with Crippen LogP contribution in [0, 0.1) is 11.3 Å². The van der Waals surface area contributed by atoms with Gasteiger partial charge in [0.2, 0.25) is 0 Å². The van der Waals surface area contributed by atoms with Gasteiger partial charge >= 0.3 is 0 Å². The number of rotatable bonds is 1. The van der Waals surface area contributed by atoms with E-state index in [-0.39, 0.29) is 0 Å². The minimum Gasteiger partial charge on any atom is -0.301 e. The van der Waals surface area contributed by atoms with Crippen LogP contribution in [0.1, 0.15) is 41.0 Å². The van der Waals surface area contributed by atoms with Crippen molar-refractivity contribution in [1.82, 2.24) is 4.90 Å². The van der Waals surface area contributed by atoms with Gasteiger partial charge in [-0.25, -0.2) is 0 Å². The Morgan fingerprint density at radius 2 is 1.92 bits per heavy atom. The van der Waals surface area contributed by atoms with E-state index in [0.717, 1.165) is 12.0 Å². The molecule has 1 fully saturated rings. The average molecular weight is 169 g/mol. The monoisotopic (exact) mass is 169 g/mol. The Hall–Kier alpha value is -0.0400. The summed E-state index contributed by atoms with van der Waals surface area (Å²) >= 11 is 0. The molecule has 1 heteroatoms. The van der Waals surface area contributed by atoms with Crippen LogP contribution in [0.25, 0.3) is 0 Å². The Kier molecular flexibility index (Phi) is 2.82. The Morgan fingerprint density at radius 3 is 2.17 bits per heavy atom. The van der Waals surface area contributed by atoms with Crippen LogP contribution in [0.2, 0.25) is 0 Å². The van der Waals surface area contributed by atoms with Crippen LogP contribution >= 0.6 is 0 Å². The summed E-state index contributed by atoms with van der Waals surface area (Å²) in [5.41, 5.74) is 0.489. The van der Waals surface area contributed by atoms with Crippen LogP contribution in [0.3, 0.4) is 0 Å². The molecule has 1 rings (SSSR count). The van der Waals surface area contributed by atoms with Gasteiger partial charge in [-0.05, 0) is 37.8 Å². The van der Waals surface area contributed by atoms with E-state index in [1.165, 1.54) is 19.5 Å². The zero-order valence-electron chi connectivity index (χ0n) is 9.22. The molecule has 1 saturated heterocycles. The molecule has 0 bridgehead atoms. The van der Waals surface area contributed by atoms with Gasteiger partial charge in [0, 0.05) is 6.04 Å². The standard InChI is InChI=1S/C11H23N/c1-6-12-8-7-10(9(12)2)11(3,4)5/h9-10H,6-8H2,1-5H3. The zero-order valence-corrected chi connectivity index (χ0v) is 9.22. The molecule has 0 amide bonds. The van der Waals surface area contributed by atoms with Gasteiger partial charge in [0.25, 0.3) is 0 Å². The van der Waals surface area contributed by atoms with Crippen molar-refractivity contribution in [3.63, 3.8) is 0 Å². The summed E-state index contributed by atoms with van der Waals surface area (Å²) in [7, 11) is 0. The molecule has 12 heavy (non-hydrogen) atoms. The number of nitrogens with zero attached hydrogens (tertiary/aromatic N) is 1. The molecule has 1 aliphatic heterocycles. The van der Waals surface area contributed by atoms with E-state index in [2.05, 4.69) is 39.5 Å². The molecule has 0 N–H and O–H groups in total. The predicted molar refractivity (Wildman–Crippen MR) is 54.3 cm³/mol. The molecule has 72 valence electrons. The van der Waals surface area contributed by atoms with Gasteiger partial charge in [-0.3, -0.25) is 0 Å². The molecule has 0 aromatic rings. The number of hydrogen-bond donors (Lipinski definition) is 0. The topological polar surface area (TPSA) is 3.24 Å². The third-order valence-electron chi connectivity index (χ3n) is 3.40. The highest BCUT2D eigenvalue weighted by Crippen LogP contribution is 2.37. The number of hydrogen-bond acceptors (Lipinski definition) is 1. The van der Waals surface area contributed by atoms with Crippen LogP contribution in [0.5, 0.6) is 0 Å². The molecule has 0 aromatic heterocycles. The highest BCUT2D eigenvalue weighted by Gasteiger charge is 2.36. The first-order chi connectivity index (χ1) is 5.46. The second-order valence-electron chi connectivity index (χ2n) is 5.13. The lowest BCUT2D eigenvalue weighted by molar-refractivity contribution is 0.169. The van der Waals surface area contributed by atoms with E-state index in [9.17, 15) is 0 Å². The largest absolute Gasteiger partial charge is 0.301 e. The van der Waals surface area contributed by atoms with Crippen LogP contribution in [0.15, 0.2) is 0 Å². The average Bonchev–Trinajstić information content (AvgIpc) is 2.29. The second-order valence-corrected chi connectivity index (χ2v) is 5.13. The summed E-state index contributed by atoms with van der Waals surface area (Å²) < 4.78 is 0. The Bertz CT molecular complexity index is 146. The summed E-state index contributed by atoms with van der Waals surface area (Å²) in [4.78, 5) is 2.59. The molecule has 1 aliphatic rings. The maximum atomic E-state index is 2.59. The summed E-state index contributed by atoms with van der Waals surface area (Å²) in [5.74, 6) is 0.887. The van der Waals surface area contributed by atoms with E-state index < -0.39 is 0 Å². The van der Waals surface area contributed by atoms with E-state index >= 15 is 0 Å². The summed E-state index contributed by atoms with van der Waals surface area (Å²) in [6.45, 7) is 14.3. The lowest BCUT2D eigenvalue weighted by Gasteiger charge is -2.32. The van der Waals surface area contributed by atoms with Crippen molar-refractivity contribution >= 4 is 0 Å². The SMILES string of the molecule is CCN1CCC(C(C)(C)C)C1C. The van der Waals surface area contributed by atoms with Gasteiger partial charge in [-0.1, -0.05) is 27.7 Å². The van der Waals surface area contributed by atoms with E-state index in [1.54, 1.807) is 0 Å². The van der Waals surface area contributed by atoms with Crippen LogP contribution in [-0.2, 0) is 0 Å². The van der Waals surface area contributed by atoms with E-state index in [1.807, 2.05) is 0 Å². The molecule has 0 aromatic carbocycles. The molecule has 0 aliphatic carbocycles. The molecule has 0 saturated carbocycles. The third kappa shape index (κ3) is 1.82. The highest BCUT2D eigenvalue weighted by atomic mass is 15.2. The summed E-state index contributed by atoms with van der Waals surface area (Å²) in [6, 6.07) is 0.787. The summed E-state index contributed by atoms with van der Waals surface area (Å²) in [5, 5.41) is 0. The predicted octanol–water partition coefficient (Wildman–Crippen LogP) is 2.76. The fraction of sp³-hybridized carbons (Fsp3) is 1.00. The minimum absolute atomic E-state index is 0.489. The van der Waals surface area contributed by atoms with Gasteiger partial charge < -0.3 is 4.90 Å². The molecule has 0 spiro atoms. The minimum atomic E-state index is 0.489. The molecular weight excluding hydrogens is 146 g/mol. The zero-order chi connectivity index (χ0) is 9.35. The Morgan fingerprint density at radius 1 is 1.33 bits per heavy atom.